The maximum absolute atomic E-state index is 12.7. The third-order valence-electron chi connectivity index (χ3n) is 4.61. The maximum atomic E-state index is 12.7. The minimum Gasteiger partial charge on any atom is -0.453 e. The van der Waals surface area contributed by atoms with Gasteiger partial charge in [-0.15, -0.1) is 0 Å². The van der Waals surface area contributed by atoms with E-state index < -0.39 is 18.5 Å². The molecular weight excluding hydrogens is 384 g/mol. The monoisotopic (exact) mass is 412 g/mol. The zero-order chi connectivity index (χ0) is 22.3. The Hall–Kier alpha value is -3.19. The van der Waals surface area contributed by atoms with Gasteiger partial charge in [-0.3, -0.25) is 9.59 Å². The molecule has 0 fully saturated rings. The maximum Gasteiger partial charge on any atom is 0.355 e. The summed E-state index contributed by atoms with van der Waals surface area (Å²) in [5, 5.41) is 2.46. The minimum atomic E-state index is -0.774. The van der Waals surface area contributed by atoms with E-state index in [-0.39, 0.29) is 17.5 Å². The van der Waals surface area contributed by atoms with Crippen molar-refractivity contribution in [3.63, 3.8) is 0 Å². The van der Waals surface area contributed by atoms with Gasteiger partial charge in [0.25, 0.3) is 0 Å². The van der Waals surface area contributed by atoms with Crippen molar-refractivity contribution in [1.29, 1.82) is 0 Å². The van der Waals surface area contributed by atoms with Gasteiger partial charge in [-0.2, -0.15) is 0 Å². The fraction of sp³-hybridized carbons (Fsp3) is 0.348. The van der Waals surface area contributed by atoms with Gasteiger partial charge in [0.05, 0.1) is 12.6 Å². The highest BCUT2D eigenvalue weighted by molar-refractivity contribution is 6.02. The van der Waals surface area contributed by atoms with Crippen molar-refractivity contribution in [3.8, 4) is 0 Å². The van der Waals surface area contributed by atoms with Gasteiger partial charge >= 0.3 is 5.97 Å². The molecule has 0 unspecified atom stereocenters. The highest BCUT2D eigenvalue weighted by Crippen LogP contribution is 2.21. The average Bonchev–Trinajstić information content (AvgIpc) is 3.00. The number of rotatable bonds is 9. The van der Waals surface area contributed by atoms with Crippen LogP contribution in [0.4, 0.5) is 0 Å². The van der Waals surface area contributed by atoms with Crippen molar-refractivity contribution in [2.45, 2.75) is 33.7 Å². The Morgan fingerprint density at radius 1 is 1.17 bits per heavy atom. The van der Waals surface area contributed by atoms with Crippen LogP contribution < -0.4 is 5.32 Å². The number of hydrogen-bond donors (Lipinski definition) is 1. The Labute approximate surface area is 176 Å². The summed E-state index contributed by atoms with van der Waals surface area (Å²) in [7, 11) is 1.63. The van der Waals surface area contributed by atoms with E-state index in [9.17, 15) is 14.4 Å². The molecule has 0 saturated heterocycles. The molecule has 0 saturated carbocycles. The molecule has 1 aromatic heterocycles. The zero-order valence-electron chi connectivity index (χ0n) is 18.0. The normalized spacial score (nSPS) is 12.4. The van der Waals surface area contributed by atoms with E-state index in [1.165, 1.54) is 13.0 Å². The van der Waals surface area contributed by atoms with Crippen molar-refractivity contribution < 1.29 is 23.9 Å². The van der Waals surface area contributed by atoms with Crippen LogP contribution in [0, 0.1) is 13.8 Å². The summed E-state index contributed by atoms with van der Waals surface area (Å²) in [6, 6.07) is 10.9. The van der Waals surface area contributed by atoms with Crippen molar-refractivity contribution >= 4 is 23.7 Å². The van der Waals surface area contributed by atoms with Crippen LogP contribution in [0.5, 0.6) is 0 Å². The lowest BCUT2D eigenvalue weighted by Gasteiger charge is -2.17. The zero-order valence-corrected chi connectivity index (χ0v) is 18.0. The Kier molecular flexibility index (Phi) is 8.12. The topological polar surface area (TPSA) is 86.6 Å². The van der Waals surface area contributed by atoms with Gasteiger partial charge in [-0.05, 0) is 38.5 Å². The number of Topliss-reactive ketones (excluding diaryl/α,β-unsaturated/α-hetero) is 1. The summed E-state index contributed by atoms with van der Waals surface area (Å²) >= 11 is 0. The van der Waals surface area contributed by atoms with Gasteiger partial charge in [0, 0.05) is 31.0 Å². The highest BCUT2D eigenvalue weighted by atomic mass is 16.5. The molecule has 30 heavy (non-hydrogen) atoms. The highest BCUT2D eigenvalue weighted by Gasteiger charge is 2.21. The van der Waals surface area contributed by atoms with Gasteiger partial charge in [-0.25, -0.2) is 4.79 Å². The summed E-state index contributed by atoms with van der Waals surface area (Å²) in [6.45, 7) is 7.17. The summed E-state index contributed by atoms with van der Waals surface area (Å²) in [5.41, 5.74) is 2.91. The number of nitrogens with zero attached hydrogens (tertiary/aromatic N) is 1. The second kappa shape index (κ2) is 10.5. The molecule has 0 aliphatic rings. The average molecular weight is 412 g/mol. The molecule has 1 N–H and O–H groups in total. The van der Waals surface area contributed by atoms with Gasteiger partial charge in [0.15, 0.2) is 6.61 Å². The van der Waals surface area contributed by atoms with E-state index in [2.05, 4.69) is 5.32 Å². The van der Waals surface area contributed by atoms with E-state index in [0.717, 1.165) is 17.0 Å². The Bertz CT molecular complexity index is 944. The number of ether oxygens (including phenoxy) is 2. The van der Waals surface area contributed by atoms with E-state index >= 15 is 0 Å². The Balaban J connectivity index is 2.14. The first kappa shape index (κ1) is 23.1. The summed E-state index contributed by atoms with van der Waals surface area (Å²) in [6.07, 6.45) is 1.51. The summed E-state index contributed by atoms with van der Waals surface area (Å²) < 4.78 is 12.4. The van der Waals surface area contributed by atoms with Crippen LogP contribution in [0.3, 0.4) is 0 Å². The number of esters is 1. The van der Waals surface area contributed by atoms with E-state index in [4.69, 9.17) is 9.47 Å². The number of aromatic nitrogens is 1. The van der Waals surface area contributed by atoms with Crippen molar-refractivity contribution in [2.75, 3.05) is 20.3 Å². The van der Waals surface area contributed by atoms with Crippen molar-refractivity contribution in [1.82, 2.24) is 9.88 Å². The molecule has 1 heterocycles. The third-order valence-corrected chi connectivity index (χ3v) is 4.61. The van der Waals surface area contributed by atoms with Crippen LogP contribution in [0.1, 0.15) is 47.2 Å². The summed E-state index contributed by atoms with van der Waals surface area (Å²) in [4.78, 5) is 36.7. The number of methoxy groups -OCH3 is 1. The smallest absolute Gasteiger partial charge is 0.355 e. The minimum absolute atomic E-state index is 0.0271. The molecular formula is C23H28N2O5. The fourth-order valence-corrected chi connectivity index (χ4v) is 3.39. The number of carbonyl (C=O) groups is 3. The predicted octanol–water partition coefficient (Wildman–Crippen LogP) is 3.22. The molecule has 0 bridgehead atoms. The van der Waals surface area contributed by atoms with Crippen LogP contribution in [-0.4, -0.2) is 42.6 Å². The molecule has 0 aliphatic heterocycles. The lowest BCUT2D eigenvalue weighted by molar-refractivity contribution is -0.139. The van der Waals surface area contributed by atoms with E-state index in [1.807, 2.05) is 43.5 Å². The number of benzene rings is 1. The molecule has 1 amide bonds. The molecule has 1 aromatic carbocycles. The quantitative estimate of drug-likeness (QED) is 0.388. The van der Waals surface area contributed by atoms with Crippen LogP contribution in [0.2, 0.25) is 0 Å². The molecule has 0 spiro atoms. The van der Waals surface area contributed by atoms with E-state index in [0.29, 0.717) is 12.2 Å². The molecule has 2 rings (SSSR count). The van der Waals surface area contributed by atoms with Gasteiger partial charge in [-0.1, -0.05) is 30.3 Å². The Morgan fingerprint density at radius 2 is 1.83 bits per heavy atom. The number of amides is 1. The first-order valence-electron chi connectivity index (χ1n) is 9.66. The first-order chi connectivity index (χ1) is 14.2. The van der Waals surface area contributed by atoms with Crippen LogP contribution >= 0.6 is 0 Å². The van der Waals surface area contributed by atoms with E-state index in [1.54, 1.807) is 25.3 Å². The van der Waals surface area contributed by atoms with Gasteiger partial charge < -0.3 is 19.4 Å². The van der Waals surface area contributed by atoms with Crippen molar-refractivity contribution in [2.24, 2.45) is 0 Å². The number of ketones is 1. The molecule has 7 heteroatoms. The van der Waals surface area contributed by atoms with Gasteiger partial charge in [0.1, 0.15) is 5.70 Å². The van der Waals surface area contributed by atoms with Crippen LogP contribution in [0.15, 0.2) is 42.1 Å². The SMILES string of the molecule is COC[C@H](C)n1c(C)cc(C(=O)COC(=O)/C(=C/c2ccccc2)NC(C)=O)c1C. The fourth-order valence-electron chi connectivity index (χ4n) is 3.39. The molecule has 1 atom stereocenters. The van der Waals surface area contributed by atoms with Gasteiger partial charge in [0.2, 0.25) is 11.7 Å². The number of aryl methyl sites for hydroxylation is 1. The molecule has 7 nitrogen and oxygen atoms in total. The molecule has 0 aliphatic carbocycles. The first-order valence-corrected chi connectivity index (χ1v) is 9.66. The van der Waals surface area contributed by atoms with Crippen LogP contribution in [0.25, 0.3) is 6.08 Å². The standard InChI is InChI=1S/C23H28N2O5/c1-15-11-20(17(3)25(15)16(2)13-29-5)22(27)14-30-23(28)21(24-18(4)26)12-19-9-7-6-8-10-19/h6-12,16H,13-14H2,1-5H3,(H,24,26)/b21-12-/t16-/m0/s1. The number of hydrogen-bond acceptors (Lipinski definition) is 5. The molecule has 2 aromatic rings. The second-order valence-electron chi connectivity index (χ2n) is 7.11. The third kappa shape index (κ3) is 5.90. The number of carbonyl (C=O) groups excluding carboxylic acids is 3. The Morgan fingerprint density at radius 3 is 2.43 bits per heavy atom. The predicted molar refractivity (Wildman–Crippen MR) is 114 cm³/mol. The lowest BCUT2D eigenvalue weighted by atomic mass is 10.1. The second-order valence-corrected chi connectivity index (χ2v) is 7.11. The summed E-state index contributed by atoms with van der Waals surface area (Å²) in [5.74, 6) is -1.49. The molecule has 160 valence electrons. The largest absolute Gasteiger partial charge is 0.453 e. The molecule has 0 radical (unpaired) electrons. The number of nitrogens with one attached hydrogen (secondary N) is 1. The van der Waals surface area contributed by atoms with Crippen molar-refractivity contribution in [3.05, 3.63) is 64.6 Å². The lowest BCUT2D eigenvalue weighted by Crippen LogP contribution is -2.27. The van der Waals surface area contributed by atoms with Crippen LogP contribution in [-0.2, 0) is 19.1 Å².